The number of amides is 3. The van der Waals surface area contributed by atoms with E-state index in [2.05, 4.69) is 10.6 Å². The molecule has 1 aliphatic rings. The van der Waals surface area contributed by atoms with Crippen LogP contribution in [0.25, 0.3) is 0 Å². The van der Waals surface area contributed by atoms with Crippen LogP contribution < -0.4 is 15.5 Å². The number of benzene rings is 2. The minimum Gasteiger partial charge on any atom is -0.326 e. The second-order valence-corrected chi connectivity index (χ2v) is 7.02. The van der Waals surface area contributed by atoms with Crippen molar-refractivity contribution >= 4 is 23.3 Å². The number of carbonyl (C=O) groups is 2. The number of nitrogens with one attached hydrogen (secondary N) is 2. The molecule has 1 heterocycles. The zero-order valence-electron chi connectivity index (χ0n) is 15.7. The molecule has 2 aromatic carbocycles. The summed E-state index contributed by atoms with van der Waals surface area (Å²) in [6, 6.07) is 11.0. The van der Waals surface area contributed by atoms with Gasteiger partial charge in [0.25, 0.3) is 0 Å². The van der Waals surface area contributed by atoms with Crippen molar-refractivity contribution in [2.75, 3.05) is 16.8 Å². The van der Waals surface area contributed by atoms with Gasteiger partial charge < -0.3 is 15.5 Å². The molecule has 0 radical (unpaired) electrons. The highest BCUT2D eigenvalue weighted by molar-refractivity contribution is 6.02. The van der Waals surface area contributed by atoms with E-state index in [0.717, 1.165) is 28.1 Å². The summed E-state index contributed by atoms with van der Waals surface area (Å²) < 4.78 is 0. The third-order valence-corrected chi connectivity index (χ3v) is 4.94. The topological polar surface area (TPSA) is 61.4 Å². The lowest BCUT2D eigenvalue weighted by molar-refractivity contribution is -0.118. The monoisotopic (exact) mass is 351 g/mol. The van der Waals surface area contributed by atoms with Gasteiger partial charge in [-0.15, -0.1) is 0 Å². The molecule has 0 saturated carbocycles. The van der Waals surface area contributed by atoms with Crippen LogP contribution in [0.5, 0.6) is 0 Å². The maximum absolute atomic E-state index is 12.7. The standard InChI is InChI=1S/C21H25N3O2/c1-13-5-8-18(16(4)11-13)22-21(26)23-19-9-10-24(20(19)25)17-7-6-14(2)15(3)12-17/h5-8,11-12,19H,9-10H2,1-4H3,(H2,22,23,26)/t19-/m1/s1. The Morgan fingerprint density at radius 2 is 1.77 bits per heavy atom. The fraction of sp³-hybridized carbons (Fsp3) is 0.333. The zero-order valence-corrected chi connectivity index (χ0v) is 15.7. The summed E-state index contributed by atoms with van der Waals surface area (Å²) >= 11 is 0. The lowest BCUT2D eigenvalue weighted by Gasteiger charge is -2.19. The van der Waals surface area contributed by atoms with Crippen molar-refractivity contribution in [1.82, 2.24) is 5.32 Å². The van der Waals surface area contributed by atoms with E-state index in [0.29, 0.717) is 13.0 Å². The molecule has 1 atom stereocenters. The first-order valence-corrected chi connectivity index (χ1v) is 8.88. The second kappa shape index (κ2) is 7.20. The Morgan fingerprint density at radius 3 is 2.46 bits per heavy atom. The molecule has 3 rings (SSSR count). The number of nitrogens with zero attached hydrogens (tertiary/aromatic N) is 1. The predicted octanol–water partition coefficient (Wildman–Crippen LogP) is 3.85. The smallest absolute Gasteiger partial charge is 0.319 e. The highest BCUT2D eigenvalue weighted by Crippen LogP contribution is 2.24. The van der Waals surface area contributed by atoms with E-state index in [1.54, 1.807) is 4.90 Å². The van der Waals surface area contributed by atoms with Crippen LogP contribution in [0.3, 0.4) is 0 Å². The number of rotatable bonds is 3. The average molecular weight is 351 g/mol. The number of aryl methyl sites for hydroxylation is 4. The normalized spacial score (nSPS) is 16.7. The van der Waals surface area contributed by atoms with Crippen LogP contribution in [0.2, 0.25) is 0 Å². The SMILES string of the molecule is Cc1ccc(NC(=O)N[C@@H]2CCN(c3ccc(C)c(C)c3)C2=O)c(C)c1. The van der Waals surface area contributed by atoms with Gasteiger partial charge in [-0.25, -0.2) is 4.79 Å². The molecular weight excluding hydrogens is 326 g/mol. The molecule has 5 heteroatoms. The number of hydrogen-bond acceptors (Lipinski definition) is 2. The number of hydrogen-bond donors (Lipinski definition) is 2. The van der Waals surface area contributed by atoms with Crippen LogP contribution in [0.4, 0.5) is 16.2 Å². The maximum Gasteiger partial charge on any atom is 0.319 e. The van der Waals surface area contributed by atoms with Crippen molar-refractivity contribution in [3.8, 4) is 0 Å². The summed E-state index contributed by atoms with van der Waals surface area (Å²) in [5.74, 6) is -0.0657. The van der Waals surface area contributed by atoms with Crippen LogP contribution in [0, 0.1) is 27.7 Å². The van der Waals surface area contributed by atoms with E-state index in [1.807, 2.05) is 64.1 Å². The predicted molar refractivity (Wildman–Crippen MR) is 105 cm³/mol. The molecule has 2 aromatic rings. The summed E-state index contributed by atoms with van der Waals surface area (Å²) in [6.07, 6.45) is 0.603. The highest BCUT2D eigenvalue weighted by atomic mass is 16.2. The van der Waals surface area contributed by atoms with Gasteiger partial charge in [-0.1, -0.05) is 23.8 Å². The van der Waals surface area contributed by atoms with E-state index >= 15 is 0 Å². The van der Waals surface area contributed by atoms with Crippen LogP contribution in [0.15, 0.2) is 36.4 Å². The van der Waals surface area contributed by atoms with Crippen LogP contribution in [0.1, 0.15) is 28.7 Å². The lowest BCUT2D eigenvalue weighted by atomic mass is 10.1. The molecule has 0 unspecified atom stereocenters. The zero-order chi connectivity index (χ0) is 18.8. The van der Waals surface area contributed by atoms with Gasteiger partial charge in [0.05, 0.1) is 0 Å². The van der Waals surface area contributed by atoms with Crippen LogP contribution in [-0.2, 0) is 4.79 Å². The maximum atomic E-state index is 12.7. The van der Waals surface area contributed by atoms with Crippen molar-refractivity contribution in [2.24, 2.45) is 0 Å². The van der Waals surface area contributed by atoms with Gasteiger partial charge in [0.2, 0.25) is 5.91 Å². The fourth-order valence-electron chi connectivity index (χ4n) is 3.23. The van der Waals surface area contributed by atoms with Gasteiger partial charge in [-0.3, -0.25) is 4.79 Å². The van der Waals surface area contributed by atoms with Crippen molar-refractivity contribution in [2.45, 2.75) is 40.2 Å². The molecule has 1 aliphatic heterocycles. The molecule has 1 fully saturated rings. The average Bonchev–Trinajstić information content (AvgIpc) is 2.93. The molecule has 136 valence electrons. The molecule has 26 heavy (non-hydrogen) atoms. The highest BCUT2D eigenvalue weighted by Gasteiger charge is 2.33. The van der Waals surface area contributed by atoms with Crippen molar-refractivity contribution < 1.29 is 9.59 Å². The summed E-state index contributed by atoms with van der Waals surface area (Å²) in [6.45, 7) is 8.65. The molecule has 0 aromatic heterocycles. The molecule has 2 N–H and O–H groups in total. The Morgan fingerprint density at radius 1 is 1.00 bits per heavy atom. The Balaban J connectivity index is 1.64. The minimum absolute atomic E-state index is 0.0657. The second-order valence-electron chi connectivity index (χ2n) is 7.02. The summed E-state index contributed by atoms with van der Waals surface area (Å²) in [7, 11) is 0. The van der Waals surface area contributed by atoms with Gasteiger partial charge in [-0.05, 0) is 69.0 Å². The number of carbonyl (C=O) groups excluding carboxylic acids is 2. The number of anilines is 2. The molecule has 3 amide bonds. The van der Waals surface area contributed by atoms with E-state index in [4.69, 9.17) is 0 Å². The fourth-order valence-corrected chi connectivity index (χ4v) is 3.23. The first kappa shape index (κ1) is 18.0. The van der Waals surface area contributed by atoms with E-state index in [9.17, 15) is 9.59 Å². The summed E-state index contributed by atoms with van der Waals surface area (Å²) in [5.41, 5.74) is 6.13. The first-order valence-electron chi connectivity index (χ1n) is 8.88. The Labute approximate surface area is 154 Å². The Kier molecular flexibility index (Phi) is 4.98. The molecular formula is C21H25N3O2. The van der Waals surface area contributed by atoms with Crippen LogP contribution >= 0.6 is 0 Å². The van der Waals surface area contributed by atoms with E-state index in [-0.39, 0.29) is 11.9 Å². The van der Waals surface area contributed by atoms with E-state index in [1.165, 1.54) is 5.56 Å². The third-order valence-electron chi connectivity index (χ3n) is 4.94. The van der Waals surface area contributed by atoms with Crippen molar-refractivity contribution in [3.63, 3.8) is 0 Å². The van der Waals surface area contributed by atoms with Crippen molar-refractivity contribution in [1.29, 1.82) is 0 Å². The molecule has 5 nitrogen and oxygen atoms in total. The van der Waals surface area contributed by atoms with Crippen LogP contribution in [-0.4, -0.2) is 24.5 Å². The Hall–Kier alpha value is -2.82. The number of urea groups is 1. The summed E-state index contributed by atoms with van der Waals surface area (Å²) in [5, 5.41) is 5.64. The Bertz CT molecular complexity index is 860. The minimum atomic E-state index is -0.498. The summed E-state index contributed by atoms with van der Waals surface area (Å²) in [4.78, 5) is 26.7. The lowest BCUT2D eigenvalue weighted by Crippen LogP contribution is -2.43. The van der Waals surface area contributed by atoms with E-state index < -0.39 is 6.04 Å². The van der Waals surface area contributed by atoms with Gasteiger partial charge in [0, 0.05) is 17.9 Å². The van der Waals surface area contributed by atoms with Gasteiger partial charge in [0.15, 0.2) is 0 Å². The molecule has 0 bridgehead atoms. The van der Waals surface area contributed by atoms with Gasteiger partial charge in [-0.2, -0.15) is 0 Å². The van der Waals surface area contributed by atoms with Crippen molar-refractivity contribution in [3.05, 3.63) is 58.7 Å². The first-order chi connectivity index (χ1) is 12.3. The molecule has 0 spiro atoms. The van der Waals surface area contributed by atoms with Gasteiger partial charge in [0.1, 0.15) is 6.04 Å². The quantitative estimate of drug-likeness (QED) is 0.882. The molecule has 0 aliphatic carbocycles. The third kappa shape index (κ3) is 3.72. The van der Waals surface area contributed by atoms with Gasteiger partial charge >= 0.3 is 6.03 Å². The largest absolute Gasteiger partial charge is 0.326 e. The molecule has 1 saturated heterocycles.